The number of non-ortho nitro benzene ring substituents is 1. The zero-order chi connectivity index (χ0) is 11.7. The van der Waals surface area contributed by atoms with Crippen LogP contribution in [0.4, 0.5) is 5.69 Å². The second kappa shape index (κ2) is 3.96. The fraction of sp³-hybridized carbons (Fsp3) is 0.333. The molecule has 0 radical (unpaired) electrons. The van der Waals surface area contributed by atoms with E-state index in [1.54, 1.807) is 6.07 Å². The predicted octanol–water partition coefficient (Wildman–Crippen LogP) is 3.34. The molecule has 0 spiro atoms. The number of nitro benzene ring substituents is 1. The van der Waals surface area contributed by atoms with Gasteiger partial charge in [-0.1, -0.05) is 13.3 Å². The van der Waals surface area contributed by atoms with Crippen molar-refractivity contribution in [3.63, 3.8) is 0 Å². The van der Waals surface area contributed by atoms with Crippen molar-refractivity contribution < 1.29 is 4.92 Å². The van der Waals surface area contributed by atoms with E-state index in [9.17, 15) is 10.1 Å². The van der Waals surface area contributed by atoms with E-state index in [4.69, 9.17) is 0 Å². The Hall–Kier alpha value is -1.84. The van der Waals surface area contributed by atoms with E-state index in [-0.39, 0.29) is 10.6 Å². The molecule has 84 valence electrons. The molecule has 16 heavy (non-hydrogen) atoms. The van der Waals surface area contributed by atoms with Crippen LogP contribution in [0, 0.1) is 17.0 Å². The molecule has 2 rings (SSSR count). The minimum absolute atomic E-state index is 0.164. The van der Waals surface area contributed by atoms with Crippen LogP contribution >= 0.6 is 0 Å². The number of nitrogens with one attached hydrogen (secondary N) is 1. The summed E-state index contributed by atoms with van der Waals surface area (Å²) in [6.07, 6.45) is 1.95. The van der Waals surface area contributed by atoms with Crippen LogP contribution in [0.1, 0.15) is 24.6 Å². The molecule has 1 aromatic carbocycles. The lowest BCUT2D eigenvalue weighted by molar-refractivity contribution is -0.383. The smallest absolute Gasteiger partial charge is 0.293 e. The Morgan fingerprint density at radius 3 is 2.75 bits per heavy atom. The van der Waals surface area contributed by atoms with Crippen LogP contribution in [-0.2, 0) is 6.42 Å². The van der Waals surface area contributed by atoms with Gasteiger partial charge in [-0.05, 0) is 31.0 Å². The van der Waals surface area contributed by atoms with E-state index >= 15 is 0 Å². The van der Waals surface area contributed by atoms with Gasteiger partial charge in [-0.15, -0.1) is 0 Å². The van der Waals surface area contributed by atoms with E-state index in [0.29, 0.717) is 5.52 Å². The first-order chi connectivity index (χ1) is 7.61. The standard InChI is InChI=1S/C12H14N2O2/c1-3-4-10-7-9-5-8(2)6-11(14(15)16)12(9)13-10/h5-7,13H,3-4H2,1-2H3. The van der Waals surface area contributed by atoms with E-state index in [2.05, 4.69) is 11.9 Å². The van der Waals surface area contributed by atoms with Gasteiger partial charge in [0.25, 0.3) is 5.69 Å². The first kappa shape index (κ1) is 10.7. The number of hydrogen-bond donors (Lipinski definition) is 1. The quantitative estimate of drug-likeness (QED) is 0.634. The highest BCUT2D eigenvalue weighted by molar-refractivity contribution is 5.89. The number of aromatic nitrogens is 1. The summed E-state index contributed by atoms with van der Waals surface area (Å²) in [5.41, 5.74) is 2.78. The molecule has 1 heterocycles. The van der Waals surface area contributed by atoms with Crippen molar-refractivity contribution in [1.82, 2.24) is 4.98 Å². The second-order valence-corrected chi connectivity index (χ2v) is 4.05. The van der Waals surface area contributed by atoms with Crippen LogP contribution in [0.15, 0.2) is 18.2 Å². The molecule has 0 aliphatic rings. The molecule has 1 N–H and O–H groups in total. The number of rotatable bonds is 3. The summed E-state index contributed by atoms with van der Waals surface area (Å²) in [6.45, 7) is 3.96. The maximum Gasteiger partial charge on any atom is 0.293 e. The normalized spacial score (nSPS) is 10.9. The van der Waals surface area contributed by atoms with E-state index in [1.165, 1.54) is 0 Å². The number of aromatic amines is 1. The molecule has 2 aromatic rings. The molecule has 0 fully saturated rings. The number of fused-ring (bicyclic) bond motifs is 1. The highest BCUT2D eigenvalue weighted by atomic mass is 16.6. The summed E-state index contributed by atoms with van der Waals surface area (Å²) in [6, 6.07) is 5.57. The first-order valence-corrected chi connectivity index (χ1v) is 5.38. The Kier molecular flexibility index (Phi) is 2.64. The van der Waals surface area contributed by atoms with Gasteiger partial charge in [0.15, 0.2) is 0 Å². The summed E-state index contributed by atoms with van der Waals surface area (Å²) in [7, 11) is 0. The summed E-state index contributed by atoms with van der Waals surface area (Å²) >= 11 is 0. The third-order valence-electron chi connectivity index (χ3n) is 2.62. The molecule has 0 atom stereocenters. The number of H-pyrrole nitrogens is 1. The lowest BCUT2D eigenvalue weighted by Crippen LogP contribution is -1.90. The largest absolute Gasteiger partial charge is 0.353 e. The van der Waals surface area contributed by atoms with Crippen molar-refractivity contribution in [3.05, 3.63) is 39.6 Å². The molecule has 0 aliphatic heterocycles. The summed E-state index contributed by atoms with van der Waals surface area (Å²) in [4.78, 5) is 13.7. The highest BCUT2D eigenvalue weighted by Gasteiger charge is 2.14. The maximum atomic E-state index is 10.9. The molecule has 0 unspecified atom stereocenters. The molecule has 0 saturated heterocycles. The van der Waals surface area contributed by atoms with Gasteiger partial charge in [0.05, 0.1) is 4.92 Å². The van der Waals surface area contributed by atoms with Gasteiger partial charge in [-0.3, -0.25) is 10.1 Å². The minimum atomic E-state index is -0.332. The number of aryl methyl sites for hydroxylation is 2. The molecule has 1 aromatic heterocycles. The van der Waals surface area contributed by atoms with Gasteiger partial charge in [-0.2, -0.15) is 0 Å². The van der Waals surface area contributed by atoms with Crippen molar-refractivity contribution in [3.8, 4) is 0 Å². The number of hydrogen-bond acceptors (Lipinski definition) is 2. The fourth-order valence-corrected chi connectivity index (χ4v) is 1.98. The van der Waals surface area contributed by atoms with Crippen LogP contribution in [0.3, 0.4) is 0 Å². The average Bonchev–Trinajstić information content (AvgIpc) is 2.59. The number of benzene rings is 1. The van der Waals surface area contributed by atoms with Crippen molar-refractivity contribution in [2.45, 2.75) is 26.7 Å². The Balaban J connectivity index is 2.65. The fourth-order valence-electron chi connectivity index (χ4n) is 1.98. The Labute approximate surface area is 93.4 Å². The maximum absolute atomic E-state index is 10.9. The Morgan fingerprint density at radius 1 is 1.38 bits per heavy atom. The molecule has 0 aliphatic carbocycles. The molecule has 4 heteroatoms. The summed E-state index contributed by atoms with van der Waals surface area (Å²) in [5, 5.41) is 11.8. The summed E-state index contributed by atoms with van der Waals surface area (Å²) in [5.74, 6) is 0. The van der Waals surface area contributed by atoms with Gasteiger partial charge >= 0.3 is 0 Å². The van der Waals surface area contributed by atoms with E-state index in [1.807, 2.05) is 19.1 Å². The van der Waals surface area contributed by atoms with E-state index < -0.39 is 0 Å². The molecule has 0 amide bonds. The first-order valence-electron chi connectivity index (χ1n) is 5.38. The topological polar surface area (TPSA) is 58.9 Å². The minimum Gasteiger partial charge on any atom is -0.353 e. The second-order valence-electron chi connectivity index (χ2n) is 4.05. The van der Waals surface area contributed by atoms with Crippen molar-refractivity contribution in [2.24, 2.45) is 0 Å². The average molecular weight is 218 g/mol. The van der Waals surface area contributed by atoms with Crippen molar-refractivity contribution in [2.75, 3.05) is 0 Å². The van der Waals surface area contributed by atoms with E-state index in [0.717, 1.165) is 29.5 Å². The van der Waals surface area contributed by atoms with Gasteiger partial charge in [-0.25, -0.2) is 0 Å². The molecule has 0 bridgehead atoms. The lowest BCUT2D eigenvalue weighted by atomic mass is 10.1. The van der Waals surface area contributed by atoms with Gasteiger partial charge in [0, 0.05) is 17.1 Å². The highest BCUT2D eigenvalue weighted by Crippen LogP contribution is 2.27. The molecule has 4 nitrogen and oxygen atoms in total. The predicted molar refractivity (Wildman–Crippen MR) is 63.7 cm³/mol. The lowest BCUT2D eigenvalue weighted by Gasteiger charge is -1.96. The van der Waals surface area contributed by atoms with Crippen LogP contribution in [0.2, 0.25) is 0 Å². The van der Waals surface area contributed by atoms with Gasteiger partial charge < -0.3 is 4.98 Å². The van der Waals surface area contributed by atoms with Crippen molar-refractivity contribution in [1.29, 1.82) is 0 Å². The third-order valence-corrected chi connectivity index (χ3v) is 2.62. The van der Waals surface area contributed by atoms with Crippen LogP contribution < -0.4 is 0 Å². The van der Waals surface area contributed by atoms with Crippen LogP contribution in [0.5, 0.6) is 0 Å². The third kappa shape index (κ3) is 1.78. The molecular formula is C12H14N2O2. The SMILES string of the molecule is CCCc1cc2cc(C)cc([N+](=O)[O-])c2[nH]1. The van der Waals surface area contributed by atoms with Crippen LogP contribution in [0.25, 0.3) is 10.9 Å². The Bertz CT molecular complexity index is 543. The molecule has 0 saturated carbocycles. The van der Waals surface area contributed by atoms with Gasteiger partial charge in [0.1, 0.15) is 5.52 Å². The van der Waals surface area contributed by atoms with Crippen LogP contribution in [-0.4, -0.2) is 9.91 Å². The number of nitrogens with zero attached hydrogens (tertiary/aromatic N) is 1. The zero-order valence-corrected chi connectivity index (χ0v) is 9.41. The van der Waals surface area contributed by atoms with Crippen molar-refractivity contribution >= 4 is 16.6 Å². The Morgan fingerprint density at radius 2 is 2.12 bits per heavy atom. The monoisotopic (exact) mass is 218 g/mol. The summed E-state index contributed by atoms with van der Waals surface area (Å²) < 4.78 is 0. The molecular weight excluding hydrogens is 204 g/mol. The number of nitro groups is 1. The van der Waals surface area contributed by atoms with Gasteiger partial charge in [0.2, 0.25) is 0 Å². The zero-order valence-electron chi connectivity index (χ0n) is 9.41.